The third kappa shape index (κ3) is 8.65. The van der Waals surface area contributed by atoms with Crippen LogP contribution in [0, 0.1) is 11.7 Å². The monoisotopic (exact) mass is 608 g/mol. The molecule has 4 aromatic rings. The Bertz CT molecular complexity index is 1660. The summed E-state index contributed by atoms with van der Waals surface area (Å²) in [6.45, 7) is 5.19. The lowest BCUT2D eigenvalue weighted by Gasteiger charge is -2.16. The number of H-pyrrole nitrogens is 1. The molecule has 0 saturated carbocycles. The molecule has 12 heteroatoms. The summed E-state index contributed by atoms with van der Waals surface area (Å²) in [5.41, 5.74) is 19.4. The Hall–Kier alpha value is -4.22. The van der Waals surface area contributed by atoms with Gasteiger partial charge < -0.3 is 27.5 Å². The highest BCUT2D eigenvalue weighted by Gasteiger charge is 2.16. The fourth-order valence-electron chi connectivity index (χ4n) is 4.93. The van der Waals surface area contributed by atoms with Crippen LogP contribution in [0.15, 0.2) is 58.4 Å². The van der Waals surface area contributed by atoms with E-state index < -0.39 is 17.4 Å². The summed E-state index contributed by atoms with van der Waals surface area (Å²) in [4.78, 5) is 35.6. The van der Waals surface area contributed by atoms with Gasteiger partial charge in [0.1, 0.15) is 5.65 Å². The summed E-state index contributed by atoms with van der Waals surface area (Å²) in [6, 6.07) is 12.4. The highest BCUT2D eigenvalue weighted by molar-refractivity contribution is 6.31. The molecule has 0 aliphatic rings. The van der Waals surface area contributed by atoms with Crippen molar-refractivity contribution in [3.8, 4) is 16.9 Å². The number of halogens is 2. The highest BCUT2D eigenvalue weighted by Crippen LogP contribution is 2.31. The molecule has 0 aliphatic carbocycles. The maximum Gasteiger partial charge on any atom is 0.354 e. The van der Waals surface area contributed by atoms with E-state index in [-0.39, 0.29) is 23.4 Å². The minimum atomic E-state index is -0.519. The van der Waals surface area contributed by atoms with Gasteiger partial charge in [-0.1, -0.05) is 44.0 Å². The lowest BCUT2D eigenvalue weighted by atomic mass is 10.00. The zero-order chi connectivity index (χ0) is 31.1. The van der Waals surface area contributed by atoms with E-state index in [0.717, 1.165) is 30.4 Å². The van der Waals surface area contributed by atoms with Crippen LogP contribution in [-0.4, -0.2) is 39.0 Å². The highest BCUT2D eigenvalue weighted by atomic mass is 35.5. The van der Waals surface area contributed by atoms with E-state index in [1.165, 1.54) is 4.57 Å². The van der Waals surface area contributed by atoms with Crippen LogP contribution < -0.4 is 28.2 Å². The lowest BCUT2D eigenvalue weighted by Crippen LogP contribution is -2.34. The second-order valence-electron chi connectivity index (χ2n) is 11.1. The molecule has 0 unspecified atom stereocenters. The molecule has 228 valence electrons. The van der Waals surface area contributed by atoms with Gasteiger partial charge in [0.2, 0.25) is 5.91 Å². The molecule has 8 N–H and O–H groups in total. The van der Waals surface area contributed by atoms with Gasteiger partial charge in [0.15, 0.2) is 11.8 Å². The average molecular weight is 609 g/mol. The number of fused-ring (bicyclic) bond motifs is 1. The number of carbonyl (C=O) groups is 1. The first-order valence-electron chi connectivity index (χ1n) is 14.3. The van der Waals surface area contributed by atoms with Crippen molar-refractivity contribution < 1.29 is 9.18 Å². The van der Waals surface area contributed by atoms with Crippen molar-refractivity contribution in [1.29, 1.82) is 0 Å². The maximum absolute atomic E-state index is 15.1. The molecule has 0 aliphatic heterocycles. The lowest BCUT2D eigenvalue weighted by molar-refractivity contribution is -0.118. The van der Waals surface area contributed by atoms with Crippen molar-refractivity contribution >= 4 is 34.5 Å². The van der Waals surface area contributed by atoms with E-state index in [1.54, 1.807) is 24.4 Å². The molecule has 2 heterocycles. The SMILES string of the molecule is CC(C)CCCc1cc(Cl)c(F)c(-c2cc3cn(-c4ccc(CN[C@H](CCN=C(N)N)CC(N)=O)cc4)c(=O)nc3[nH]2)c1. The van der Waals surface area contributed by atoms with Crippen molar-refractivity contribution in [2.24, 2.45) is 28.1 Å². The van der Waals surface area contributed by atoms with Crippen molar-refractivity contribution in [1.82, 2.24) is 19.9 Å². The summed E-state index contributed by atoms with van der Waals surface area (Å²) in [6.07, 6.45) is 5.21. The molecule has 0 radical (unpaired) electrons. The van der Waals surface area contributed by atoms with Gasteiger partial charge in [0, 0.05) is 42.7 Å². The molecule has 2 aromatic heterocycles. The smallest absolute Gasteiger partial charge is 0.354 e. The topological polar surface area (TPSA) is 170 Å². The Morgan fingerprint density at radius 3 is 2.53 bits per heavy atom. The van der Waals surface area contributed by atoms with Crippen LogP contribution in [-0.2, 0) is 17.8 Å². The molecular formula is C31H38ClFN8O2. The van der Waals surface area contributed by atoms with Crippen LogP contribution in [0.25, 0.3) is 28.0 Å². The minimum Gasteiger partial charge on any atom is -0.370 e. The average Bonchev–Trinajstić information content (AvgIpc) is 3.35. The number of hydrogen-bond donors (Lipinski definition) is 5. The standard InChI is InChI=1S/C31H38ClFN8O2/c1-18(2)4-3-5-20-12-24(28(33)25(32)13-20)26-14-21-17-41(31(43)40-29(21)39-26)23-8-6-19(7-9-23)16-38-22(15-27(34)42)10-11-37-30(35)36/h6-9,12-14,17-18,22,38H,3-5,10-11,15-16H2,1-2H3,(H2,34,42)(H4,35,36,37)(H,39,40,43)/t22-/m1/s1. The van der Waals surface area contributed by atoms with E-state index in [0.29, 0.717) is 53.4 Å². The molecule has 1 atom stereocenters. The summed E-state index contributed by atoms with van der Waals surface area (Å²) >= 11 is 6.25. The molecule has 0 bridgehead atoms. The number of rotatable bonds is 14. The maximum atomic E-state index is 15.1. The summed E-state index contributed by atoms with van der Waals surface area (Å²) < 4.78 is 16.5. The van der Waals surface area contributed by atoms with Crippen LogP contribution in [0.5, 0.6) is 0 Å². The third-order valence-electron chi connectivity index (χ3n) is 7.16. The van der Waals surface area contributed by atoms with E-state index in [9.17, 15) is 9.59 Å². The summed E-state index contributed by atoms with van der Waals surface area (Å²) in [7, 11) is 0. The number of aromatic amines is 1. The Morgan fingerprint density at radius 2 is 1.86 bits per heavy atom. The van der Waals surface area contributed by atoms with Gasteiger partial charge in [-0.3, -0.25) is 14.4 Å². The van der Waals surface area contributed by atoms with Crippen LogP contribution in [0.2, 0.25) is 5.02 Å². The van der Waals surface area contributed by atoms with Crippen LogP contribution in [0.3, 0.4) is 0 Å². The summed E-state index contributed by atoms with van der Waals surface area (Å²) in [5.74, 6) is -0.363. The van der Waals surface area contributed by atoms with Crippen LogP contribution >= 0.6 is 11.6 Å². The van der Waals surface area contributed by atoms with Crippen molar-refractivity contribution in [3.63, 3.8) is 0 Å². The fraction of sp³-hybridized carbons (Fsp3) is 0.355. The van der Waals surface area contributed by atoms with Gasteiger partial charge in [0.05, 0.1) is 16.4 Å². The molecule has 0 saturated heterocycles. The number of nitrogens with zero attached hydrogens (tertiary/aromatic N) is 3. The Labute approximate surface area is 254 Å². The Balaban J connectivity index is 1.52. The van der Waals surface area contributed by atoms with Gasteiger partial charge >= 0.3 is 5.69 Å². The first-order valence-corrected chi connectivity index (χ1v) is 14.6. The number of nitrogens with one attached hydrogen (secondary N) is 2. The predicted octanol–water partition coefficient (Wildman–Crippen LogP) is 4.15. The van der Waals surface area contributed by atoms with Crippen molar-refractivity contribution in [2.75, 3.05) is 6.54 Å². The number of amides is 1. The van der Waals surface area contributed by atoms with Gasteiger partial charge in [0.25, 0.3) is 0 Å². The largest absolute Gasteiger partial charge is 0.370 e. The first-order chi connectivity index (χ1) is 20.5. The minimum absolute atomic E-state index is 0.00881. The number of nitrogens with two attached hydrogens (primary N) is 3. The van der Waals surface area contributed by atoms with E-state index in [1.807, 2.05) is 24.3 Å². The quantitative estimate of drug-likeness (QED) is 0.106. The van der Waals surface area contributed by atoms with Gasteiger partial charge in [-0.05, 0) is 66.6 Å². The number of aromatic nitrogens is 3. The molecule has 0 spiro atoms. The van der Waals surface area contributed by atoms with E-state index >= 15 is 4.39 Å². The van der Waals surface area contributed by atoms with Crippen molar-refractivity contribution in [3.05, 3.63) is 81.1 Å². The second-order valence-corrected chi connectivity index (χ2v) is 11.5. The molecule has 10 nitrogen and oxygen atoms in total. The van der Waals surface area contributed by atoms with Crippen LogP contribution in [0.4, 0.5) is 4.39 Å². The number of aryl methyl sites for hydroxylation is 1. The zero-order valence-electron chi connectivity index (χ0n) is 24.4. The molecule has 1 amide bonds. The summed E-state index contributed by atoms with van der Waals surface area (Å²) in [5, 5.41) is 4.02. The third-order valence-corrected chi connectivity index (χ3v) is 7.44. The Morgan fingerprint density at radius 1 is 1.12 bits per heavy atom. The first kappa shape index (κ1) is 31.7. The van der Waals surface area contributed by atoms with Crippen LogP contribution in [0.1, 0.15) is 50.7 Å². The number of primary amides is 1. The predicted molar refractivity (Wildman–Crippen MR) is 170 cm³/mol. The Kier molecular flexibility index (Phi) is 10.5. The number of hydrogen-bond acceptors (Lipinski definition) is 5. The number of benzene rings is 2. The molecular weight excluding hydrogens is 571 g/mol. The zero-order valence-corrected chi connectivity index (χ0v) is 25.1. The number of aliphatic imine (C=N–C) groups is 1. The van der Waals surface area contributed by atoms with Gasteiger partial charge in [-0.2, -0.15) is 4.98 Å². The van der Waals surface area contributed by atoms with Gasteiger partial charge in [-0.15, -0.1) is 0 Å². The molecule has 4 rings (SSSR count). The molecule has 2 aromatic carbocycles. The second kappa shape index (κ2) is 14.3. The molecule has 0 fully saturated rings. The fourth-order valence-corrected chi connectivity index (χ4v) is 5.17. The number of guanidine groups is 1. The normalized spacial score (nSPS) is 12.1. The van der Waals surface area contributed by atoms with Gasteiger partial charge in [-0.25, -0.2) is 9.18 Å². The van der Waals surface area contributed by atoms with Crippen molar-refractivity contribution in [2.45, 2.75) is 58.5 Å². The number of carbonyl (C=O) groups excluding carboxylic acids is 1. The van der Waals surface area contributed by atoms with E-state index in [4.69, 9.17) is 28.8 Å². The molecule has 43 heavy (non-hydrogen) atoms. The van der Waals surface area contributed by atoms with E-state index in [2.05, 4.69) is 34.1 Å².